The summed E-state index contributed by atoms with van der Waals surface area (Å²) in [7, 11) is 0. The van der Waals surface area contributed by atoms with Crippen LogP contribution in [0.5, 0.6) is 0 Å². The zero-order valence-electron chi connectivity index (χ0n) is 11.6. The first-order valence-corrected chi connectivity index (χ1v) is 7.08. The molecule has 1 aromatic rings. The molecule has 1 aromatic carbocycles. The van der Waals surface area contributed by atoms with E-state index >= 15 is 0 Å². The highest BCUT2D eigenvalue weighted by molar-refractivity contribution is 5.94. The Morgan fingerprint density at radius 3 is 2.45 bits per heavy atom. The highest BCUT2D eigenvalue weighted by atomic mass is 16.3. The first-order chi connectivity index (χ1) is 9.69. The van der Waals surface area contributed by atoms with Crippen molar-refractivity contribution >= 4 is 5.91 Å². The monoisotopic (exact) mass is 272 g/mol. The smallest absolute Gasteiger partial charge is 0.251 e. The Balaban J connectivity index is 1.95. The molecule has 0 aliphatic heterocycles. The van der Waals surface area contributed by atoms with Gasteiger partial charge >= 0.3 is 0 Å². The van der Waals surface area contributed by atoms with Crippen molar-refractivity contribution in [1.29, 1.82) is 5.26 Å². The van der Waals surface area contributed by atoms with Crippen LogP contribution in [0.3, 0.4) is 0 Å². The SMILES string of the molecule is N#Cc1ccc(C(=O)NCC2(CO)CCCCC2)cc1. The molecule has 1 fully saturated rings. The molecular formula is C16H20N2O2. The molecule has 2 rings (SSSR count). The van der Waals surface area contributed by atoms with Gasteiger partial charge in [-0.2, -0.15) is 5.26 Å². The molecule has 1 saturated carbocycles. The molecule has 106 valence electrons. The minimum Gasteiger partial charge on any atom is -0.396 e. The number of amides is 1. The average molecular weight is 272 g/mol. The van der Waals surface area contributed by atoms with Gasteiger partial charge in [0, 0.05) is 17.5 Å². The number of rotatable bonds is 4. The number of nitrogens with zero attached hydrogens (tertiary/aromatic N) is 1. The Morgan fingerprint density at radius 1 is 1.25 bits per heavy atom. The van der Waals surface area contributed by atoms with Crippen LogP contribution in [0.25, 0.3) is 0 Å². The van der Waals surface area contributed by atoms with E-state index in [1.54, 1.807) is 24.3 Å². The van der Waals surface area contributed by atoms with Crippen molar-refractivity contribution in [2.75, 3.05) is 13.2 Å². The van der Waals surface area contributed by atoms with Crippen LogP contribution >= 0.6 is 0 Å². The van der Waals surface area contributed by atoms with E-state index in [-0.39, 0.29) is 17.9 Å². The lowest BCUT2D eigenvalue weighted by atomic mass is 9.74. The first kappa shape index (κ1) is 14.5. The van der Waals surface area contributed by atoms with Crippen LogP contribution in [0.2, 0.25) is 0 Å². The number of benzene rings is 1. The molecule has 0 saturated heterocycles. The number of aliphatic hydroxyl groups is 1. The molecule has 1 aliphatic carbocycles. The molecule has 0 heterocycles. The van der Waals surface area contributed by atoms with E-state index in [1.807, 2.05) is 6.07 Å². The third kappa shape index (κ3) is 3.37. The number of aliphatic hydroxyl groups excluding tert-OH is 1. The van der Waals surface area contributed by atoms with Crippen molar-refractivity contribution in [3.05, 3.63) is 35.4 Å². The average Bonchev–Trinajstić information content (AvgIpc) is 2.53. The van der Waals surface area contributed by atoms with Gasteiger partial charge in [0.2, 0.25) is 0 Å². The maximum Gasteiger partial charge on any atom is 0.251 e. The maximum atomic E-state index is 12.1. The van der Waals surface area contributed by atoms with Gasteiger partial charge in [-0.1, -0.05) is 19.3 Å². The van der Waals surface area contributed by atoms with Crippen molar-refractivity contribution in [3.8, 4) is 6.07 Å². The van der Waals surface area contributed by atoms with E-state index in [2.05, 4.69) is 5.32 Å². The van der Waals surface area contributed by atoms with Gasteiger partial charge in [-0.3, -0.25) is 4.79 Å². The van der Waals surface area contributed by atoms with E-state index in [9.17, 15) is 9.90 Å². The van der Waals surface area contributed by atoms with Crippen molar-refractivity contribution in [3.63, 3.8) is 0 Å². The lowest BCUT2D eigenvalue weighted by Crippen LogP contribution is -2.41. The molecular weight excluding hydrogens is 252 g/mol. The third-order valence-corrected chi connectivity index (χ3v) is 4.15. The van der Waals surface area contributed by atoms with Crippen LogP contribution < -0.4 is 5.32 Å². The number of carbonyl (C=O) groups is 1. The number of hydrogen-bond donors (Lipinski definition) is 2. The number of hydrogen-bond acceptors (Lipinski definition) is 3. The molecule has 0 unspecified atom stereocenters. The second kappa shape index (κ2) is 6.53. The highest BCUT2D eigenvalue weighted by Crippen LogP contribution is 2.35. The van der Waals surface area contributed by atoms with Crippen LogP contribution in [0.1, 0.15) is 48.0 Å². The summed E-state index contributed by atoms with van der Waals surface area (Å²) in [5, 5.41) is 21.3. The maximum absolute atomic E-state index is 12.1. The minimum absolute atomic E-state index is 0.126. The van der Waals surface area contributed by atoms with Crippen LogP contribution in [0.15, 0.2) is 24.3 Å². The van der Waals surface area contributed by atoms with E-state index in [1.165, 1.54) is 6.42 Å². The molecule has 0 spiro atoms. The Kier molecular flexibility index (Phi) is 4.75. The summed E-state index contributed by atoms with van der Waals surface area (Å²) in [5.41, 5.74) is 0.939. The standard InChI is InChI=1S/C16H20N2O2/c17-10-13-4-6-14(7-5-13)15(20)18-11-16(12-19)8-2-1-3-9-16/h4-7,19H,1-3,8-9,11-12H2,(H,18,20). The van der Waals surface area contributed by atoms with Gasteiger partial charge in [0.1, 0.15) is 0 Å². The number of nitriles is 1. The molecule has 4 heteroatoms. The minimum atomic E-state index is -0.152. The van der Waals surface area contributed by atoms with Gasteiger partial charge in [-0.15, -0.1) is 0 Å². The highest BCUT2D eigenvalue weighted by Gasteiger charge is 2.31. The largest absolute Gasteiger partial charge is 0.396 e. The third-order valence-electron chi connectivity index (χ3n) is 4.15. The fraction of sp³-hybridized carbons (Fsp3) is 0.500. The Labute approximate surface area is 119 Å². The fourth-order valence-corrected chi connectivity index (χ4v) is 2.76. The first-order valence-electron chi connectivity index (χ1n) is 7.08. The summed E-state index contributed by atoms with van der Waals surface area (Å²) in [4.78, 5) is 12.1. The van der Waals surface area contributed by atoms with Gasteiger partial charge < -0.3 is 10.4 Å². The molecule has 0 aromatic heterocycles. The lowest BCUT2D eigenvalue weighted by Gasteiger charge is -2.35. The quantitative estimate of drug-likeness (QED) is 0.882. The van der Waals surface area contributed by atoms with E-state index in [0.717, 1.165) is 25.7 Å². The predicted molar refractivity (Wildman–Crippen MR) is 76.1 cm³/mol. The Bertz CT molecular complexity index is 496. The number of carbonyl (C=O) groups excluding carboxylic acids is 1. The van der Waals surface area contributed by atoms with E-state index < -0.39 is 0 Å². The predicted octanol–water partition coefficient (Wildman–Crippen LogP) is 2.23. The summed E-state index contributed by atoms with van der Waals surface area (Å²) >= 11 is 0. The normalized spacial score (nSPS) is 17.2. The lowest BCUT2D eigenvalue weighted by molar-refractivity contribution is 0.0718. The summed E-state index contributed by atoms with van der Waals surface area (Å²) in [5.74, 6) is -0.145. The second-order valence-electron chi connectivity index (χ2n) is 5.59. The van der Waals surface area contributed by atoms with Crippen LogP contribution in [-0.4, -0.2) is 24.2 Å². The van der Waals surface area contributed by atoms with Gasteiger partial charge in [-0.25, -0.2) is 0 Å². The van der Waals surface area contributed by atoms with Crippen LogP contribution in [-0.2, 0) is 0 Å². The van der Waals surface area contributed by atoms with Crippen molar-refractivity contribution < 1.29 is 9.90 Å². The molecule has 4 nitrogen and oxygen atoms in total. The molecule has 0 atom stereocenters. The van der Waals surface area contributed by atoms with Crippen LogP contribution in [0.4, 0.5) is 0 Å². The van der Waals surface area contributed by atoms with E-state index in [0.29, 0.717) is 17.7 Å². The summed E-state index contributed by atoms with van der Waals surface area (Å²) in [6.45, 7) is 0.642. The van der Waals surface area contributed by atoms with E-state index in [4.69, 9.17) is 5.26 Å². The Morgan fingerprint density at radius 2 is 1.90 bits per heavy atom. The number of nitrogens with one attached hydrogen (secondary N) is 1. The van der Waals surface area contributed by atoms with Gasteiger partial charge in [0.05, 0.1) is 18.2 Å². The zero-order chi connectivity index (χ0) is 14.4. The summed E-state index contributed by atoms with van der Waals surface area (Å²) in [6.07, 6.45) is 5.39. The second-order valence-corrected chi connectivity index (χ2v) is 5.59. The van der Waals surface area contributed by atoms with Crippen molar-refractivity contribution in [2.24, 2.45) is 5.41 Å². The Hall–Kier alpha value is -1.86. The summed E-state index contributed by atoms with van der Waals surface area (Å²) < 4.78 is 0. The molecule has 0 bridgehead atoms. The summed E-state index contributed by atoms with van der Waals surface area (Å²) in [6, 6.07) is 8.61. The topological polar surface area (TPSA) is 73.1 Å². The molecule has 1 amide bonds. The van der Waals surface area contributed by atoms with Crippen molar-refractivity contribution in [2.45, 2.75) is 32.1 Å². The molecule has 1 aliphatic rings. The zero-order valence-corrected chi connectivity index (χ0v) is 11.6. The molecule has 0 radical (unpaired) electrons. The molecule has 2 N–H and O–H groups in total. The van der Waals surface area contributed by atoms with Gasteiger partial charge in [0.15, 0.2) is 0 Å². The molecule has 20 heavy (non-hydrogen) atoms. The van der Waals surface area contributed by atoms with Gasteiger partial charge in [-0.05, 0) is 37.1 Å². The fourth-order valence-electron chi connectivity index (χ4n) is 2.76. The van der Waals surface area contributed by atoms with Gasteiger partial charge in [0.25, 0.3) is 5.91 Å². The van der Waals surface area contributed by atoms with Crippen molar-refractivity contribution in [1.82, 2.24) is 5.32 Å². The van der Waals surface area contributed by atoms with Crippen LogP contribution in [0, 0.1) is 16.7 Å².